The number of aliphatic carboxylic acids is 1. The summed E-state index contributed by atoms with van der Waals surface area (Å²) in [6.07, 6.45) is 1.22. The van der Waals surface area contributed by atoms with Crippen LogP contribution in [0.3, 0.4) is 0 Å². The van der Waals surface area contributed by atoms with Crippen LogP contribution in [0, 0.1) is 16.0 Å². The maximum atomic E-state index is 12.7. The summed E-state index contributed by atoms with van der Waals surface area (Å²) in [6, 6.07) is 15.6. The van der Waals surface area contributed by atoms with Gasteiger partial charge in [0.1, 0.15) is 25.0 Å². The molecule has 2 heterocycles. The van der Waals surface area contributed by atoms with Gasteiger partial charge in [-0.2, -0.15) is 5.21 Å². The normalized spacial score (nSPS) is 11.5. The van der Waals surface area contributed by atoms with E-state index in [0.717, 1.165) is 40.9 Å². The van der Waals surface area contributed by atoms with Crippen molar-refractivity contribution in [2.45, 2.75) is 58.6 Å². The molecule has 4 aromatic rings. The largest absolute Gasteiger partial charge is 0.508 e. The standard InChI is InChI=1S/C32H36ClN7O10/c1-2-3-10-27-34-29(33)26(20-48-28(41)17-23(31(42)43)19-49-32(44)47-15-6-7-16-50-40(45)46)39(27)18-21-11-13-22(14-12-21)24-8-4-5-9-25(24)30-35-37-38-36-30/h4-5,8-9,11-14,23H,2-3,6-7,10,15-20H2,1H3,(H,42,43)(H,35,36,37,38). The molecule has 0 radical (unpaired) electrons. The van der Waals surface area contributed by atoms with Crippen LogP contribution < -0.4 is 0 Å². The van der Waals surface area contributed by atoms with E-state index >= 15 is 0 Å². The van der Waals surface area contributed by atoms with E-state index in [1.54, 1.807) is 0 Å². The fourth-order valence-corrected chi connectivity index (χ4v) is 5.12. The molecule has 2 aromatic carbocycles. The summed E-state index contributed by atoms with van der Waals surface area (Å²) in [4.78, 5) is 55.1. The molecule has 0 saturated heterocycles. The predicted molar refractivity (Wildman–Crippen MR) is 175 cm³/mol. The van der Waals surface area contributed by atoms with E-state index in [4.69, 9.17) is 25.8 Å². The van der Waals surface area contributed by atoms with Crippen LogP contribution >= 0.6 is 11.6 Å². The number of carboxylic acids is 1. The molecule has 1 atom stereocenters. The van der Waals surface area contributed by atoms with E-state index < -0.39 is 42.1 Å². The summed E-state index contributed by atoms with van der Waals surface area (Å²) in [5.41, 5.74) is 4.09. The first-order valence-corrected chi connectivity index (χ1v) is 16.1. The van der Waals surface area contributed by atoms with Gasteiger partial charge in [-0.25, -0.2) is 9.78 Å². The topological polar surface area (TPSA) is 224 Å². The second-order valence-corrected chi connectivity index (χ2v) is 11.4. The quantitative estimate of drug-likeness (QED) is 0.0529. The first kappa shape index (κ1) is 37.2. The Morgan fingerprint density at radius 2 is 1.76 bits per heavy atom. The molecule has 0 aliphatic rings. The smallest absolute Gasteiger partial charge is 0.481 e. The van der Waals surface area contributed by atoms with Crippen LogP contribution in [0.1, 0.15) is 56.1 Å². The highest BCUT2D eigenvalue weighted by Crippen LogP contribution is 2.30. The Morgan fingerprint density at radius 3 is 2.44 bits per heavy atom. The second-order valence-electron chi connectivity index (χ2n) is 11.0. The molecular formula is C32H36ClN7O10. The number of halogens is 1. The molecule has 2 aromatic heterocycles. The minimum absolute atomic E-state index is 0.117. The van der Waals surface area contributed by atoms with Crippen molar-refractivity contribution in [1.82, 2.24) is 30.2 Å². The first-order valence-electron chi connectivity index (χ1n) is 15.8. The molecule has 266 valence electrons. The summed E-state index contributed by atoms with van der Waals surface area (Å²) in [6.45, 7) is 1.27. The number of aromatic nitrogens is 6. The third kappa shape index (κ3) is 11.0. The number of imidazole rings is 1. The predicted octanol–water partition coefficient (Wildman–Crippen LogP) is 5.05. The SMILES string of the molecule is CCCCc1nc(Cl)c(COC(=O)CC(COC(=O)OCCCCO[N+](=O)[O-])C(=O)O)n1Cc1ccc(-c2ccccc2-c2nn[nH]n2)cc1. The van der Waals surface area contributed by atoms with Crippen molar-refractivity contribution in [3.63, 3.8) is 0 Å². The summed E-state index contributed by atoms with van der Waals surface area (Å²) in [5.74, 6) is -2.42. The molecule has 0 aliphatic heterocycles. The van der Waals surface area contributed by atoms with Gasteiger partial charge in [-0.3, -0.25) is 9.59 Å². The average Bonchev–Trinajstić information content (AvgIpc) is 3.74. The fourth-order valence-electron chi connectivity index (χ4n) is 4.87. The van der Waals surface area contributed by atoms with Crippen LogP contribution in [0.2, 0.25) is 5.15 Å². The number of hydrogen-bond acceptors (Lipinski definition) is 13. The number of unbranched alkanes of at least 4 members (excludes halogenated alkanes) is 2. The number of benzene rings is 2. The Bertz CT molecular complexity index is 1730. The Morgan fingerprint density at radius 1 is 1.02 bits per heavy atom. The maximum absolute atomic E-state index is 12.7. The number of ether oxygens (including phenoxy) is 3. The number of carbonyl (C=O) groups is 3. The third-order valence-corrected chi connectivity index (χ3v) is 7.77. The molecule has 2 N–H and O–H groups in total. The van der Waals surface area contributed by atoms with Crippen molar-refractivity contribution in [3.8, 4) is 22.5 Å². The van der Waals surface area contributed by atoms with E-state index in [-0.39, 0.29) is 37.8 Å². The number of nitrogens with zero attached hydrogens (tertiary/aromatic N) is 6. The lowest BCUT2D eigenvalue weighted by atomic mass is 9.98. The molecule has 0 amide bonds. The molecule has 0 fully saturated rings. The van der Waals surface area contributed by atoms with Crippen LogP contribution in [0.15, 0.2) is 48.5 Å². The highest BCUT2D eigenvalue weighted by atomic mass is 35.5. The summed E-state index contributed by atoms with van der Waals surface area (Å²) < 4.78 is 17.0. The molecule has 0 saturated carbocycles. The van der Waals surface area contributed by atoms with Gasteiger partial charge >= 0.3 is 18.1 Å². The van der Waals surface area contributed by atoms with Crippen LogP contribution in [-0.4, -0.2) is 78.3 Å². The van der Waals surface area contributed by atoms with Crippen molar-refractivity contribution in [3.05, 3.63) is 80.9 Å². The maximum Gasteiger partial charge on any atom is 0.508 e. The van der Waals surface area contributed by atoms with E-state index in [0.29, 0.717) is 24.5 Å². The number of hydrogen-bond donors (Lipinski definition) is 2. The Labute approximate surface area is 290 Å². The number of H-pyrrole nitrogens is 1. The van der Waals surface area contributed by atoms with Gasteiger partial charge in [-0.05, 0) is 41.2 Å². The van der Waals surface area contributed by atoms with E-state index in [2.05, 4.69) is 37.4 Å². The molecule has 1 unspecified atom stereocenters. The number of rotatable bonds is 20. The summed E-state index contributed by atoms with van der Waals surface area (Å²) in [5, 5.41) is 33.3. The molecule has 50 heavy (non-hydrogen) atoms. The zero-order valence-electron chi connectivity index (χ0n) is 27.2. The van der Waals surface area contributed by atoms with Gasteiger partial charge in [0.05, 0.1) is 25.3 Å². The molecule has 4 rings (SSSR count). The zero-order valence-corrected chi connectivity index (χ0v) is 27.9. The molecule has 0 aliphatic carbocycles. The van der Waals surface area contributed by atoms with Crippen molar-refractivity contribution in [2.75, 3.05) is 19.8 Å². The summed E-state index contributed by atoms with van der Waals surface area (Å²) >= 11 is 6.53. The monoisotopic (exact) mass is 713 g/mol. The number of tetrazole rings is 1. The highest BCUT2D eigenvalue weighted by molar-refractivity contribution is 6.30. The molecule has 18 heteroatoms. The fraction of sp³-hybridized carbons (Fsp3) is 0.406. The minimum atomic E-state index is -1.40. The average molecular weight is 714 g/mol. The van der Waals surface area contributed by atoms with Gasteiger partial charge < -0.3 is 28.7 Å². The molecule has 0 bridgehead atoms. The number of aryl methyl sites for hydroxylation is 1. The van der Waals surface area contributed by atoms with Gasteiger partial charge in [0.25, 0.3) is 5.09 Å². The van der Waals surface area contributed by atoms with Crippen molar-refractivity contribution in [2.24, 2.45) is 5.92 Å². The Kier molecular flexibility index (Phi) is 14.0. The Hall–Kier alpha value is -5.58. The Balaban J connectivity index is 1.37. The minimum Gasteiger partial charge on any atom is -0.481 e. The van der Waals surface area contributed by atoms with Crippen molar-refractivity contribution < 1.29 is 43.6 Å². The summed E-state index contributed by atoms with van der Waals surface area (Å²) in [7, 11) is 0. The van der Waals surface area contributed by atoms with Gasteiger partial charge in [0.15, 0.2) is 5.15 Å². The van der Waals surface area contributed by atoms with Gasteiger partial charge in [0, 0.05) is 18.5 Å². The number of nitrogens with one attached hydrogen (secondary N) is 1. The van der Waals surface area contributed by atoms with E-state index in [1.165, 1.54) is 0 Å². The van der Waals surface area contributed by atoms with Crippen LogP contribution in [0.25, 0.3) is 22.5 Å². The number of carboxylic acid groups (broad SMARTS) is 1. The lowest BCUT2D eigenvalue weighted by molar-refractivity contribution is -0.757. The highest BCUT2D eigenvalue weighted by Gasteiger charge is 2.26. The van der Waals surface area contributed by atoms with Gasteiger partial charge in [-0.15, -0.1) is 20.3 Å². The van der Waals surface area contributed by atoms with Crippen LogP contribution in [0.4, 0.5) is 4.79 Å². The van der Waals surface area contributed by atoms with Crippen molar-refractivity contribution in [1.29, 1.82) is 0 Å². The number of carbonyl (C=O) groups excluding carboxylic acids is 2. The lowest BCUT2D eigenvalue weighted by Crippen LogP contribution is -2.26. The van der Waals surface area contributed by atoms with E-state index in [1.807, 2.05) is 53.1 Å². The van der Waals surface area contributed by atoms with Gasteiger partial charge in [0.2, 0.25) is 5.82 Å². The lowest BCUT2D eigenvalue weighted by Gasteiger charge is -2.15. The first-order chi connectivity index (χ1) is 24.2. The molecule has 0 spiro atoms. The molecular weight excluding hydrogens is 678 g/mol. The number of aromatic amines is 1. The van der Waals surface area contributed by atoms with Gasteiger partial charge in [-0.1, -0.05) is 73.5 Å². The van der Waals surface area contributed by atoms with Crippen LogP contribution in [0.5, 0.6) is 0 Å². The third-order valence-electron chi connectivity index (χ3n) is 7.47. The van der Waals surface area contributed by atoms with Crippen molar-refractivity contribution >= 4 is 29.7 Å². The molecule has 17 nitrogen and oxygen atoms in total. The zero-order chi connectivity index (χ0) is 35.9. The van der Waals surface area contributed by atoms with Crippen LogP contribution in [-0.2, 0) is 48.2 Å². The number of esters is 1. The van der Waals surface area contributed by atoms with E-state index in [9.17, 15) is 29.6 Å². The second kappa shape index (κ2) is 18.8.